The Bertz CT molecular complexity index is 629. The summed E-state index contributed by atoms with van der Waals surface area (Å²) in [6, 6.07) is 8.89. The van der Waals surface area contributed by atoms with Crippen LogP contribution in [-0.4, -0.2) is 35.2 Å². The normalized spacial score (nSPS) is 10.1. The van der Waals surface area contributed by atoms with Crippen molar-refractivity contribution in [2.75, 3.05) is 19.5 Å². The maximum absolute atomic E-state index is 11.1. The fourth-order valence-corrected chi connectivity index (χ4v) is 1.83. The van der Waals surface area contributed by atoms with E-state index in [2.05, 4.69) is 15.3 Å². The molecule has 0 radical (unpaired) electrons. The molecule has 0 atom stereocenters. The Labute approximate surface area is 116 Å². The van der Waals surface area contributed by atoms with Crippen molar-refractivity contribution in [1.29, 1.82) is 0 Å². The van der Waals surface area contributed by atoms with Crippen LogP contribution in [-0.2, 0) is 6.42 Å². The number of rotatable bonds is 5. The lowest BCUT2D eigenvalue weighted by Crippen LogP contribution is -2.08. The number of benzene rings is 1. The molecule has 0 fully saturated rings. The van der Waals surface area contributed by atoms with Gasteiger partial charge in [0.15, 0.2) is 5.69 Å². The largest absolute Gasteiger partial charge is 0.496 e. The Balaban J connectivity index is 2.37. The number of methoxy groups -OCH3 is 1. The zero-order valence-electron chi connectivity index (χ0n) is 11.3. The lowest BCUT2D eigenvalue weighted by molar-refractivity contribution is 0.0690. The van der Waals surface area contributed by atoms with Gasteiger partial charge in [-0.3, -0.25) is 0 Å². The lowest BCUT2D eigenvalue weighted by atomic mass is 10.1. The third kappa shape index (κ3) is 3.03. The number of hydrogen-bond donors (Lipinski definition) is 2. The molecule has 0 saturated heterocycles. The highest BCUT2D eigenvalue weighted by Crippen LogP contribution is 2.20. The fraction of sp³-hybridized carbons (Fsp3) is 0.214. The smallest absolute Gasteiger partial charge is 0.354 e. The predicted molar refractivity (Wildman–Crippen MR) is 74.3 cm³/mol. The molecule has 2 aromatic rings. The molecule has 0 bridgehead atoms. The van der Waals surface area contributed by atoms with Crippen LogP contribution in [0.25, 0.3) is 0 Å². The topological polar surface area (TPSA) is 84.3 Å². The van der Waals surface area contributed by atoms with Crippen LogP contribution in [0, 0.1) is 0 Å². The molecule has 0 amide bonds. The highest BCUT2D eigenvalue weighted by Gasteiger charge is 2.12. The molecule has 0 spiro atoms. The van der Waals surface area contributed by atoms with Crippen molar-refractivity contribution >= 4 is 11.8 Å². The van der Waals surface area contributed by atoms with Crippen molar-refractivity contribution in [1.82, 2.24) is 9.97 Å². The molecule has 6 heteroatoms. The van der Waals surface area contributed by atoms with E-state index >= 15 is 0 Å². The second-order valence-electron chi connectivity index (χ2n) is 4.10. The Morgan fingerprint density at radius 1 is 1.35 bits per heavy atom. The first-order valence-electron chi connectivity index (χ1n) is 6.05. The van der Waals surface area contributed by atoms with Crippen LogP contribution in [0.5, 0.6) is 5.75 Å². The molecule has 1 aromatic heterocycles. The molecule has 0 unspecified atom stereocenters. The van der Waals surface area contributed by atoms with E-state index in [0.29, 0.717) is 18.1 Å². The molecular weight excluding hydrogens is 258 g/mol. The minimum absolute atomic E-state index is 0.0331. The van der Waals surface area contributed by atoms with Crippen LogP contribution in [0.1, 0.15) is 21.9 Å². The first kappa shape index (κ1) is 13.8. The van der Waals surface area contributed by atoms with Gasteiger partial charge in [-0.1, -0.05) is 18.2 Å². The van der Waals surface area contributed by atoms with Gasteiger partial charge >= 0.3 is 5.97 Å². The number of nitrogens with zero attached hydrogens (tertiary/aromatic N) is 2. The number of para-hydroxylation sites is 1. The molecule has 0 aliphatic heterocycles. The number of carboxylic acids is 1. The summed E-state index contributed by atoms with van der Waals surface area (Å²) in [4.78, 5) is 19.4. The van der Waals surface area contributed by atoms with Gasteiger partial charge in [0, 0.05) is 25.1 Å². The molecular formula is C14H15N3O3. The number of nitrogens with one attached hydrogen (secondary N) is 1. The molecule has 0 saturated carbocycles. The van der Waals surface area contributed by atoms with Gasteiger partial charge in [-0.25, -0.2) is 14.8 Å². The molecule has 1 aromatic carbocycles. The third-order valence-electron chi connectivity index (χ3n) is 2.79. The summed E-state index contributed by atoms with van der Waals surface area (Å²) in [5.74, 6) is 0.550. The zero-order chi connectivity index (χ0) is 14.5. The standard InChI is InChI=1S/C14H15N3O3/c1-15-12-8-10(14(18)19)16-13(17-12)7-9-5-3-4-6-11(9)20-2/h3-6,8H,7H2,1-2H3,(H,18,19)(H,15,16,17). The summed E-state index contributed by atoms with van der Waals surface area (Å²) < 4.78 is 5.26. The maximum Gasteiger partial charge on any atom is 0.354 e. The number of carboxylic acid groups (broad SMARTS) is 1. The molecule has 0 aliphatic rings. The molecule has 2 N–H and O–H groups in total. The van der Waals surface area contributed by atoms with Crippen molar-refractivity contribution in [3.8, 4) is 5.75 Å². The van der Waals surface area contributed by atoms with Gasteiger partial charge in [-0.2, -0.15) is 0 Å². The second-order valence-corrected chi connectivity index (χ2v) is 4.10. The number of anilines is 1. The van der Waals surface area contributed by atoms with Crippen molar-refractivity contribution in [2.24, 2.45) is 0 Å². The number of ether oxygens (including phenoxy) is 1. The van der Waals surface area contributed by atoms with Crippen LogP contribution >= 0.6 is 0 Å². The summed E-state index contributed by atoms with van der Waals surface area (Å²) in [6.07, 6.45) is 0.403. The van der Waals surface area contributed by atoms with E-state index in [1.165, 1.54) is 6.07 Å². The van der Waals surface area contributed by atoms with Gasteiger partial charge in [0.2, 0.25) is 0 Å². The summed E-state index contributed by atoms with van der Waals surface area (Å²) in [5.41, 5.74) is 0.869. The molecule has 104 valence electrons. The Kier molecular flexibility index (Phi) is 4.14. The van der Waals surface area contributed by atoms with Crippen molar-refractivity contribution < 1.29 is 14.6 Å². The average Bonchev–Trinajstić information content (AvgIpc) is 2.47. The van der Waals surface area contributed by atoms with Gasteiger partial charge in [0.25, 0.3) is 0 Å². The predicted octanol–water partition coefficient (Wildman–Crippen LogP) is 1.82. The first-order valence-corrected chi connectivity index (χ1v) is 6.05. The van der Waals surface area contributed by atoms with Crippen LogP contribution in [0.4, 0.5) is 5.82 Å². The Hall–Kier alpha value is -2.63. The van der Waals surface area contributed by atoms with E-state index < -0.39 is 5.97 Å². The third-order valence-corrected chi connectivity index (χ3v) is 2.79. The van der Waals surface area contributed by atoms with E-state index in [4.69, 9.17) is 9.84 Å². The number of carbonyl (C=O) groups is 1. The van der Waals surface area contributed by atoms with Crippen molar-refractivity contribution in [2.45, 2.75) is 6.42 Å². The van der Waals surface area contributed by atoms with Crippen LogP contribution in [0.15, 0.2) is 30.3 Å². The summed E-state index contributed by atoms with van der Waals surface area (Å²) in [7, 11) is 3.27. The molecule has 6 nitrogen and oxygen atoms in total. The van der Waals surface area contributed by atoms with Crippen molar-refractivity contribution in [3.63, 3.8) is 0 Å². The highest BCUT2D eigenvalue weighted by atomic mass is 16.5. The van der Waals surface area contributed by atoms with E-state index in [0.717, 1.165) is 11.3 Å². The van der Waals surface area contributed by atoms with E-state index in [1.54, 1.807) is 14.2 Å². The summed E-state index contributed by atoms with van der Waals surface area (Å²) >= 11 is 0. The van der Waals surface area contributed by atoms with Gasteiger partial charge < -0.3 is 15.2 Å². The summed E-state index contributed by atoms with van der Waals surface area (Å²) in [6.45, 7) is 0. The zero-order valence-corrected chi connectivity index (χ0v) is 11.3. The van der Waals surface area contributed by atoms with Gasteiger partial charge in [0.1, 0.15) is 17.4 Å². The van der Waals surface area contributed by atoms with E-state index in [1.807, 2.05) is 24.3 Å². The monoisotopic (exact) mass is 273 g/mol. The minimum Gasteiger partial charge on any atom is -0.496 e. The number of aromatic nitrogens is 2. The second kappa shape index (κ2) is 6.01. The highest BCUT2D eigenvalue weighted by molar-refractivity contribution is 5.86. The van der Waals surface area contributed by atoms with Gasteiger partial charge in [-0.15, -0.1) is 0 Å². The maximum atomic E-state index is 11.1. The van der Waals surface area contributed by atoms with E-state index in [9.17, 15) is 4.79 Å². The van der Waals surface area contributed by atoms with E-state index in [-0.39, 0.29) is 5.69 Å². The van der Waals surface area contributed by atoms with Gasteiger partial charge in [0.05, 0.1) is 7.11 Å². The Morgan fingerprint density at radius 3 is 2.75 bits per heavy atom. The first-order chi connectivity index (χ1) is 9.63. The lowest BCUT2D eigenvalue weighted by Gasteiger charge is -2.09. The SMILES string of the molecule is CNc1cc(C(=O)O)nc(Cc2ccccc2OC)n1. The molecule has 0 aliphatic carbocycles. The van der Waals surface area contributed by atoms with Gasteiger partial charge in [-0.05, 0) is 6.07 Å². The van der Waals surface area contributed by atoms with Crippen LogP contribution in [0.3, 0.4) is 0 Å². The number of aromatic carboxylic acids is 1. The quantitative estimate of drug-likeness (QED) is 0.864. The fourth-order valence-electron chi connectivity index (χ4n) is 1.83. The molecule has 2 rings (SSSR count). The average molecular weight is 273 g/mol. The van der Waals surface area contributed by atoms with Crippen molar-refractivity contribution in [3.05, 3.63) is 47.4 Å². The summed E-state index contributed by atoms with van der Waals surface area (Å²) in [5, 5.41) is 11.9. The minimum atomic E-state index is -1.08. The van der Waals surface area contributed by atoms with Crippen LogP contribution in [0.2, 0.25) is 0 Å². The molecule has 20 heavy (non-hydrogen) atoms. The Morgan fingerprint density at radius 2 is 2.10 bits per heavy atom. The van der Waals surface area contributed by atoms with Crippen LogP contribution < -0.4 is 10.1 Å². The number of hydrogen-bond acceptors (Lipinski definition) is 5. The molecule has 1 heterocycles.